The minimum atomic E-state index is -0.352. The first kappa shape index (κ1) is 13.3. The monoisotopic (exact) mass is 180 g/mol. The maximum absolute atomic E-state index is 11.1. The highest BCUT2D eigenvalue weighted by atomic mass is 35.5. The number of carbonyl (C=O) groups excluding carboxylic acids is 1. The predicted octanol–water partition coefficient (Wildman–Crippen LogP) is 0.480. The van der Waals surface area contributed by atoms with Crippen molar-refractivity contribution in [3.63, 3.8) is 0 Å². The van der Waals surface area contributed by atoms with Crippen LogP contribution in [0.2, 0.25) is 0 Å². The zero-order chi connectivity index (χ0) is 8.31. The van der Waals surface area contributed by atoms with Gasteiger partial charge in [0.25, 0.3) is 0 Å². The number of nitrogens with zero attached hydrogens (tertiary/aromatic N) is 1. The summed E-state index contributed by atoms with van der Waals surface area (Å²) in [4.78, 5) is 12.6. The zero-order valence-corrected chi connectivity index (χ0v) is 8.31. The first-order chi connectivity index (χ1) is 4.46. The Hall–Kier alpha value is -0.280. The van der Waals surface area contributed by atoms with Gasteiger partial charge >= 0.3 is 0 Å². The van der Waals surface area contributed by atoms with Gasteiger partial charge in [-0.2, -0.15) is 0 Å². The molecule has 0 aromatic carbocycles. The van der Waals surface area contributed by atoms with E-state index in [9.17, 15) is 4.79 Å². The highest BCUT2D eigenvalue weighted by Gasteiger charge is 2.17. The Balaban J connectivity index is 0. The first-order valence-electron chi connectivity index (χ1n) is 3.43. The second-order valence-corrected chi connectivity index (χ2v) is 3.00. The Bertz CT molecular complexity index is 126. The minimum absolute atomic E-state index is 0. The van der Waals surface area contributed by atoms with Gasteiger partial charge in [-0.15, -0.1) is 12.4 Å². The zero-order valence-electron chi connectivity index (χ0n) is 7.50. The molecule has 3 nitrogen and oxygen atoms in total. The summed E-state index contributed by atoms with van der Waals surface area (Å²) in [6, 6.07) is -0.352. The Morgan fingerprint density at radius 3 is 1.82 bits per heavy atom. The third-order valence-corrected chi connectivity index (χ3v) is 1.44. The Morgan fingerprint density at radius 1 is 1.36 bits per heavy atom. The summed E-state index contributed by atoms with van der Waals surface area (Å²) in [7, 11) is 3.43. The topological polar surface area (TPSA) is 46.3 Å². The van der Waals surface area contributed by atoms with Gasteiger partial charge in [-0.05, 0) is 5.92 Å². The number of hydrogen-bond donors (Lipinski definition) is 1. The number of amides is 1. The van der Waals surface area contributed by atoms with E-state index in [1.54, 1.807) is 14.1 Å². The Morgan fingerprint density at radius 2 is 1.73 bits per heavy atom. The smallest absolute Gasteiger partial charge is 0.239 e. The van der Waals surface area contributed by atoms with Crippen molar-refractivity contribution in [1.29, 1.82) is 0 Å². The molecule has 0 spiro atoms. The lowest BCUT2D eigenvalue weighted by Gasteiger charge is -2.19. The molecule has 68 valence electrons. The molecule has 0 aromatic rings. The summed E-state index contributed by atoms with van der Waals surface area (Å²) in [6.07, 6.45) is 0. The van der Waals surface area contributed by atoms with Crippen LogP contribution in [-0.4, -0.2) is 30.9 Å². The van der Waals surface area contributed by atoms with E-state index in [-0.39, 0.29) is 30.3 Å². The van der Waals surface area contributed by atoms with E-state index in [2.05, 4.69) is 0 Å². The molecule has 0 aliphatic rings. The van der Waals surface area contributed by atoms with Crippen LogP contribution in [0.25, 0.3) is 0 Å². The molecule has 2 N–H and O–H groups in total. The minimum Gasteiger partial charge on any atom is -0.347 e. The molecule has 0 aliphatic heterocycles. The summed E-state index contributed by atoms with van der Waals surface area (Å²) >= 11 is 0. The quantitative estimate of drug-likeness (QED) is 0.672. The summed E-state index contributed by atoms with van der Waals surface area (Å²) in [5.74, 6) is 0.213. The van der Waals surface area contributed by atoms with E-state index in [0.717, 1.165) is 0 Å². The van der Waals surface area contributed by atoms with Crippen molar-refractivity contribution in [3.8, 4) is 0 Å². The van der Waals surface area contributed by atoms with Gasteiger partial charge in [0.05, 0.1) is 6.04 Å². The van der Waals surface area contributed by atoms with Gasteiger partial charge in [-0.1, -0.05) is 13.8 Å². The van der Waals surface area contributed by atoms with Gasteiger partial charge in [0.1, 0.15) is 0 Å². The fraction of sp³-hybridized carbons (Fsp3) is 0.857. The molecule has 0 fully saturated rings. The van der Waals surface area contributed by atoms with E-state index < -0.39 is 0 Å². The van der Waals surface area contributed by atoms with Crippen LogP contribution in [0.3, 0.4) is 0 Å². The lowest BCUT2D eigenvalue weighted by molar-refractivity contribution is -0.130. The number of nitrogens with two attached hydrogens (primary N) is 1. The average Bonchev–Trinajstić information content (AvgIpc) is 1.84. The summed E-state index contributed by atoms with van der Waals surface area (Å²) in [6.45, 7) is 3.87. The summed E-state index contributed by atoms with van der Waals surface area (Å²) in [5, 5.41) is 0. The summed E-state index contributed by atoms with van der Waals surface area (Å²) in [5.41, 5.74) is 5.57. The van der Waals surface area contributed by atoms with Crippen molar-refractivity contribution in [3.05, 3.63) is 0 Å². The van der Waals surface area contributed by atoms with Gasteiger partial charge in [-0.3, -0.25) is 4.79 Å². The number of carbonyl (C=O) groups is 1. The summed E-state index contributed by atoms with van der Waals surface area (Å²) < 4.78 is 0. The SMILES string of the molecule is CC(C)[C@H](N)C(=O)N(C)C.Cl. The number of rotatable bonds is 2. The molecule has 0 rings (SSSR count). The van der Waals surface area contributed by atoms with Crippen molar-refractivity contribution >= 4 is 18.3 Å². The normalized spacial score (nSPS) is 12.2. The fourth-order valence-corrected chi connectivity index (χ4v) is 0.583. The lowest BCUT2D eigenvalue weighted by Crippen LogP contribution is -2.43. The van der Waals surface area contributed by atoms with Crippen LogP contribution in [0.5, 0.6) is 0 Å². The van der Waals surface area contributed by atoms with Crippen molar-refractivity contribution in [1.82, 2.24) is 4.90 Å². The van der Waals surface area contributed by atoms with Crippen LogP contribution in [0.1, 0.15) is 13.8 Å². The Labute approximate surface area is 74.3 Å². The maximum Gasteiger partial charge on any atom is 0.239 e. The maximum atomic E-state index is 11.1. The van der Waals surface area contributed by atoms with Crippen LogP contribution in [0.15, 0.2) is 0 Å². The molecule has 0 unspecified atom stereocenters. The second kappa shape index (κ2) is 5.38. The molecule has 11 heavy (non-hydrogen) atoms. The number of likely N-dealkylation sites (N-methyl/N-ethyl adjacent to an activating group) is 1. The van der Waals surface area contributed by atoms with Crippen molar-refractivity contribution in [2.24, 2.45) is 11.7 Å². The van der Waals surface area contributed by atoms with Crippen LogP contribution < -0.4 is 5.73 Å². The predicted molar refractivity (Wildman–Crippen MR) is 48.8 cm³/mol. The second-order valence-electron chi connectivity index (χ2n) is 3.00. The van der Waals surface area contributed by atoms with Gasteiger partial charge in [-0.25, -0.2) is 0 Å². The van der Waals surface area contributed by atoms with Crippen molar-refractivity contribution in [2.75, 3.05) is 14.1 Å². The molecule has 0 radical (unpaired) electrons. The molecular formula is C7H17ClN2O. The van der Waals surface area contributed by atoms with E-state index >= 15 is 0 Å². The third kappa shape index (κ3) is 4.22. The number of hydrogen-bond acceptors (Lipinski definition) is 2. The van der Waals surface area contributed by atoms with Crippen LogP contribution >= 0.6 is 12.4 Å². The third-order valence-electron chi connectivity index (χ3n) is 1.44. The highest BCUT2D eigenvalue weighted by Crippen LogP contribution is 1.99. The van der Waals surface area contributed by atoms with Gasteiger partial charge < -0.3 is 10.6 Å². The van der Waals surface area contributed by atoms with E-state index in [0.29, 0.717) is 0 Å². The molecule has 0 saturated heterocycles. The van der Waals surface area contributed by atoms with Crippen molar-refractivity contribution < 1.29 is 4.79 Å². The van der Waals surface area contributed by atoms with E-state index in [1.807, 2.05) is 13.8 Å². The molecule has 4 heteroatoms. The van der Waals surface area contributed by atoms with Crippen molar-refractivity contribution in [2.45, 2.75) is 19.9 Å². The molecule has 0 aliphatic carbocycles. The van der Waals surface area contributed by atoms with Crippen LogP contribution in [0, 0.1) is 5.92 Å². The molecule has 0 heterocycles. The highest BCUT2D eigenvalue weighted by molar-refractivity contribution is 5.85. The average molecular weight is 181 g/mol. The Kier molecular flexibility index (Phi) is 6.52. The van der Waals surface area contributed by atoms with Crippen LogP contribution in [0.4, 0.5) is 0 Å². The largest absolute Gasteiger partial charge is 0.347 e. The van der Waals surface area contributed by atoms with Gasteiger partial charge in [0, 0.05) is 14.1 Å². The van der Waals surface area contributed by atoms with E-state index in [1.165, 1.54) is 4.90 Å². The standard InChI is InChI=1S/C7H16N2O.ClH/c1-5(2)6(8)7(10)9(3)4;/h5-6H,8H2,1-4H3;1H/t6-;/m0./s1. The van der Waals surface area contributed by atoms with Gasteiger partial charge in [0.15, 0.2) is 0 Å². The number of halogens is 1. The molecule has 0 aromatic heterocycles. The lowest BCUT2D eigenvalue weighted by atomic mass is 10.0. The van der Waals surface area contributed by atoms with Gasteiger partial charge in [0.2, 0.25) is 5.91 Å². The fourth-order valence-electron chi connectivity index (χ4n) is 0.583. The molecular weight excluding hydrogens is 164 g/mol. The van der Waals surface area contributed by atoms with Crippen LogP contribution in [-0.2, 0) is 4.79 Å². The first-order valence-corrected chi connectivity index (χ1v) is 3.43. The van der Waals surface area contributed by atoms with E-state index in [4.69, 9.17) is 5.73 Å². The molecule has 0 saturated carbocycles. The molecule has 1 amide bonds. The molecule has 1 atom stereocenters. The molecule has 0 bridgehead atoms.